The molecule has 1 aromatic carbocycles. The van der Waals surface area contributed by atoms with Gasteiger partial charge < -0.3 is 5.32 Å². The number of hydrogen-bond donors (Lipinski definition) is 1. The van der Waals surface area contributed by atoms with E-state index in [4.69, 9.17) is 23.2 Å². The van der Waals surface area contributed by atoms with E-state index in [1.807, 2.05) is 30.0 Å². The number of thioether (sulfide) groups is 1. The summed E-state index contributed by atoms with van der Waals surface area (Å²) < 4.78 is 0. The van der Waals surface area contributed by atoms with E-state index in [-0.39, 0.29) is 0 Å². The van der Waals surface area contributed by atoms with Gasteiger partial charge in [-0.1, -0.05) is 29.3 Å². The number of rotatable bonds is 3. The van der Waals surface area contributed by atoms with Crippen molar-refractivity contribution < 1.29 is 0 Å². The summed E-state index contributed by atoms with van der Waals surface area (Å²) in [6, 6.07) is 6.81. The summed E-state index contributed by atoms with van der Waals surface area (Å²) >= 11 is 13.9. The van der Waals surface area contributed by atoms with Crippen molar-refractivity contribution in [2.75, 3.05) is 11.5 Å². The first-order chi connectivity index (χ1) is 7.66. The predicted octanol–water partition coefficient (Wildman–Crippen LogP) is 4.15. The molecule has 2 atom stereocenters. The molecule has 16 heavy (non-hydrogen) atoms. The Bertz CT molecular complexity index is 364. The zero-order valence-corrected chi connectivity index (χ0v) is 11.5. The maximum atomic E-state index is 6.01. The van der Waals surface area contributed by atoms with E-state index in [1.165, 1.54) is 23.5 Å². The van der Waals surface area contributed by atoms with Crippen LogP contribution in [-0.4, -0.2) is 17.5 Å². The highest BCUT2D eigenvalue weighted by Gasteiger charge is 2.18. The second-order valence-corrected chi connectivity index (χ2v) is 6.09. The van der Waals surface area contributed by atoms with Crippen LogP contribution in [0, 0.1) is 0 Å². The number of nitrogens with one attached hydrogen (secondary N) is 1. The third-order valence-electron chi connectivity index (χ3n) is 2.86. The van der Waals surface area contributed by atoms with Gasteiger partial charge in [0.05, 0.1) is 10.0 Å². The first-order valence-corrected chi connectivity index (χ1v) is 7.36. The standard InChI is InChI=1S/C12H15Cl2NS/c1-8(15-10-4-5-16-7-10)9-2-3-11(13)12(14)6-9/h2-3,6,8,10,15H,4-5,7H2,1H3/t8-,10?/m1/s1. The van der Waals surface area contributed by atoms with Crippen molar-refractivity contribution in [2.45, 2.75) is 25.4 Å². The lowest BCUT2D eigenvalue weighted by atomic mass is 10.1. The monoisotopic (exact) mass is 275 g/mol. The van der Waals surface area contributed by atoms with Crippen molar-refractivity contribution in [1.82, 2.24) is 5.32 Å². The van der Waals surface area contributed by atoms with Crippen molar-refractivity contribution in [1.29, 1.82) is 0 Å². The van der Waals surface area contributed by atoms with E-state index in [0.717, 1.165) is 0 Å². The topological polar surface area (TPSA) is 12.0 Å². The van der Waals surface area contributed by atoms with Gasteiger partial charge in [0.15, 0.2) is 0 Å². The number of hydrogen-bond acceptors (Lipinski definition) is 2. The van der Waals surface area contributed by atoms with Crippen LogP contribution >= 0.6 is 35.0 Å². The third kappa shape index (κ3) is 3.07. The Kier molecular flexibility index (Phi) is 4.42. The average Bonchev–Trinajstić information content (AvgIpc) is 2.74. The molecular weight excluding hydrogens is 261 g/mol. The molecule has 1 unspecified atom stereocenters. The molecule has 0 spiro atoms. The van der Waals surface area contributed by atoms with Crippen LogP contribution in [0.1, 0.15) is 24.9 Å². The van der Waals surface area contributed by atoms with E-state index in [9.17, 15) is 0 Å². The Balaban J connectivity index is 2.02. The van der Waals surface area contributed by atoms with Gasteiger partial charge in [0.1, 0.15) is 0 Å². The molecule has 1 aliphatic heterocycles. The van der Waals surface area contributed by atoms with Gasteiger partial charge in [0.2, 0.25) is 0 Å². The van der Waals surface area contributed by atoms with Crippen molar-refractivity contribution in [3.8, 4) is 0 Å². The van der Waals surface area contributed by atoms with Crippen LogP contribution in [0.4, 0.5) is 0 Å². The molecule has 1 nitrogen and oxygen atoms in total. The lowest BCUT2D eigenvalue weighted by molar-refractivity contribution is 0.486. The fourth-order valence-corrected chi connectivity index (χ4v) is 3.37. The molecule has 0 saturated carbocycles. The van der Waals surface area contributed by atoms with Gasteiger partial charge >= 0.3 is 0 Å². The van der Waals surface area contributed by atoms with Crippen LogP contribution in [-0.2, 0) is 0 Å². The van der Waals surface area contributed by atoms with Crippen molar-refractivity contribution in [2.24, 2.45) is 0 Å². The van der Waals surface area contributed by atoms with Crippen LogP contribution in [0.25, 0.3) is 0 Å². The Labute approximate surface area is 111 Å². The van der Waals surface area contributed by atoms with Crippen LogP contribution in [0.5, 0.6) is 0 Å². The van der Waals surface area contributed by atoms with E-state index in [1.54, 1.807) is 0 Å². The number of halogens is 2. The van der Waals surface area contributed by atoms with Gasteiger partial charge in [-0.3, -0.25) is 0 Å². The van der Waals surface area contributed by atoms with Gasteiger partial charge in [0, 0.05) is 17.8 Å². The molecule has 0 amide bonds. The Morgan fingerprint density at radius 3 is 2.81 bits per heavy atom. The van der Waals surface area contributed by atoms with Crippen LogP contribution in [0.3, 0.4) is 0 Å². The summed E-state index contributed by atoms with van der Waals surface area (Å²) in [5.41, 5.74) is 1.20. The largest absolute Gasteiger partial charge is 0.307 e. The zero-order valence-electron chi connectivity index (χ0n) is 9.17. The van der Waals surface area contributed by atoms with Crippen LogP contribution in [0.2, 0.25) is 10.0 Å². The molecule has 0 aromatic heterocycles. The first kappa shape index (κ1) is 12.6. The third-order valence-corrected chi connectivity index (χ3v) is 4.76. The van der Waals surface area contributed by atoms with Gasteiger partial charge in [-0.2, -0.15) is 11.8 Å². The van der Waals surface area contributed by atoms with Crippen molar-refractivity contribution >= 4 is 35.0 Å². The van der Waals surface area contributed by atoms with Gasteiger partial charge in [0.25, 0.3) is 0 Å². The molecule has 1 aliphatic rings. The summed E-state index contributed by atoms with van der Waals surface area (Å²) in [5.74, 6) is 2.48. The Morgan fingerprint density at radius 2 is 2.19 bits per heavy atom. The Morgan fingerprint density at radius 1 is 1.38 bits per heavy atom. The highest BCUT2D eigenvalue weighted by atomic mass is 35.5. The van der Waals surface area contributed by atoms with Gasteiger partial charge in [-0.15, -0.1) is 0 Å². The summed E-state index contributed by atoms with van der Waals surface area (Å²) in [6.07, 6.45) is 1.26. The second-order valence-electron chi connectivity index (χ2n) is 4.12. The van der Waals surface area contributed by atoms with Gasteiger partial charge in [-0.25, -0.2) is 0 Å². The van der Waals surface area contributed by atoms with Crippen molar-refractivity contribution in [3.05, 3.63) is 33.8 Å². The molecule has 1 heterocycles. The zero-order chi connectivity index (χ0) is 11.5. The van der Waals surface area contributed by atoms with E-state index >= 15 is 0 Å². The molecule has 1 fully saturated rings. The summed E-state index contributed by atoms with van der Waals surface area (Å²) in [4.78, 5) is 0. The molecule has 1 N–H and O–H groups in total. The van der Waals surface area contributed by atoms with Crippen molar-refractivity contribution in [3.63, 3.8) is 0 Å². The summed E-state index contributed by atoms with van der Waals surface area (Å²) in [6.45, 7) is 2.17. The van der Waals surface area contributed by atoms with Crippen LogP contribution < -0.4 is 5.32 Å². The molecule has 0 aliphatic carbocycles. The minimum atomic E-state index is 0.332. The van der Waals surface area contributed by atoms with Gasteiger partial charge in [-0.05, 0) is 36.8 Å². The second kappa shape index (κ2) is 5.63. The molecule has 4 heteroatoms. The quantitative estimate of drug-likeness (QED) is 0.890. The summed E-state index contributed by atoms with van der Waals surface area (Å²) in [7, 11) is 0. The minimum Gasteiger partial charge on any atom is -0.307 e. The predicted molar refractivity (Wildman–Crippen MR) is 73.7 cm³/mol. The maximum absolute atomic E-state index is 6.01. The molecule has 0 radical (unpaired) electrons. The molecule has 0 bridgehead atoms. The highest BCUT2D eigenvalue weighted by molar-refractivity contribution is 7.99. The normalized spacial score (nSPS) is 22.3. The fraction of sp³-hybridized carbons (Fsp3) is 0.500. The average molecular weight is 276 g/mol. The van der Waals surface area contributed by atoms with Crippen LogP contribution in [0.15, 0.2) is 18.2 Å². The molecule has 1 saturated heterocycles. The highest BCUT2D eigenvalue weighted by Crippen LogP contribution is 2.27. The molecule has 2 rings (SSSR count). The van der Waals surface area contributed by atoms with E-state index < -0.39 is 0 Å². The minimum absolute atomic E-state index is 0.332. The SMILES string of the molecule is C[C@@H](NC1CCSC1)c1ccc(Cl)c(Cl)c1. The molecule has 1 aromatic rings. The van der Waals surface area contributed by atoms with E-state index in [0.29, 0.717) is 22.1 Å². The fourth-order valence-electron chi connectivity index (χ4n) is 1.90. The molecule has 88 valence electrons. The maximum Gasteiger partial charge on any atom is 0.0595 e. The Hall–Kier alpha value is 0.110. The summed E-state index contributed by atoms with van der Waals surface area (Å²) in [5, 5.41) is 4.87. The molecular formula is C12H15Cl2NS. The smallest absolute Gasteiger partial charge is 0.0595 e. The first-order valence-electron chi connectivity index (χ1n) is 5.45. The van der Waals surface area contributed by atoms with E-state index in [2.05, 4.69) is 12.2 Å². The lowest BCUT2D eigenvalue weighted by Gasteiger charge is -2.19. The lowest BCUT2D eigenvalue weighted by Crippen LogP contribution is -2.31. The number of benzene rings is 1.